The lowest BCUT2D eigenvalue weighted by Crippen LogP contribution is -2.52. The SMILES string of the molecule is COc1ccc(OC(=O)N2CCc3c([nH]c4ccc(Cl)cc34)C2c2ccc(OCC(O)N3CCN(CCCN(C)C)CC3)cc2)cc1. The average molecular weight is 662 g/mol. The highest BCUT2D eigenvalue weighted by molar-refractivity contribution is 6.31. The van der Waals surface area contributed by atoms with E-state index in [0.717, 1.165) is 73.4 Å². The molecule has 2 unspecified atom stereocenters. The molecule has 1 fully saturated rings. The zero-order chi connectivity index (χ0) is 32.9. The summed E-state index contributed by atoms with van der Waals surface area (Å²) in [5, 5.41) is 12.6. The van der Waals surface area contributed by atoms with Crippen molar-refractivity contribution in [3.05, 3.63) is 88.6 Å². The van der Waals surface area contributed by atoms with Crippen LogP contribution in [0, 0.1) is 0 Å². The highest BCUT2D eigenvalue weighted by Gasteiger charge is 2.36. The molecular weight excluding hydrogens is 618 g/mol. The number of carbonyl (C=O) groups excluding carboxylic acids is 1. The summed E-state index contributed by atoms with van der Waals surface area (Å²) in [7, 11) is 5.80. The number of rotatable bonds is 11. The number of benzene rings is 3. The zero-order valence-corrected chi connectivity index (χ0v) is 28.1. The van der Waals surface area contributed by atoms with E-state index in [1.54, 1.807) is 36.3 Å². The second kappa shape index (κ2) is 15.0. The number of aromatic nitrogens is 1. The number of H-pyrrole nitrogens is 1. The van der Waals surface area contributed by atoms with Crippen LogP contribution in [0.5, 0.6) is 17.2 Å². The summed E-state index contributed by atoms with van der Waals surface area (Å²) in [6.45, 7) is 6.33. The minimum atomic E-state index is -0.680. The molecule has 1 amide bonds. The van der Waals surface area contributed by atoms with Gasteiger partial charge in [-0.3, -0.25) is 9.80 Å². The Hall–Kier alpha value is -3.80. The first-order valence-electron chi connectivity index (χ1n) is 16.2. The summed E-state index contributed by atoms with van der Waals surface area (Å²) in [5.74, 6) is 1.78. The minimum absolute atomic E-state index is 0.177. The van der Waals surface area contributed by atoms with Gasteiger partial charge in [-0.25, -0.2) is 4.79 Å². The van der Waals surface area contributed by atoms with Crippen LogP contribution in [-0.4, -0.2) is 116 Å². The van der Waals surface area contributed by atoms with Gasteiger partial charge in [-0.2, -0.15) is 0 Å². The van der Waals surface area contributed by atoms with E-state index in [-0.39, 0.29) is 6.61 Å². The Morgan fingerprint density at radius 1 is 0.979 bits per heavy atom. The minimum Gasteiger partial charge on any atom is -0.497 e. The van der Waals surface area contributed by atoms with Gasteiger partial charge in [0.2, 0.25) is 0 Å². The Kier molecular flexibility index (Phi) is 10.5. The van der Waals surface area contributed by atoms with Crippen LogP contribution in [0.15, 0.2) is 66.7 Å². The van der Waals surface area contributed by atoms with E-state index in [9.17, 15) is 9.90 Å². The summed E-state index contributed by atoms with van der Waals surface area (Å²) in [6, 6.07) is 20.1. The quantitative estimate of drug-likeness (QED) is 0.226. The number of fused-ring (bicyclic) bond motifs is 3. The monoisotopic (exact) mass is 661 g/mol. The van der Waals surface area contributed by atoms with Gasteiger partial charge < -0.3 is 34.1 Å². The number of nitrogens with one attached hydrogen (secondary N) is 1. The summed E-state index contributed by atoms with van der Waals surface area (Å²) in [5.41, 5.74) is 3.96. The fraction of sp³-hybridized carbons (Fsp3) is 0.417. The Balaban J connectivity index is 1.14. The van der Waals surface area contributed by atoms with Crippen LogP contribution in [-0.2, 0) is 6.42 Å². The van der Waals surface area contributed by atoms with Crippen molar-refractivity contribution in [3.8, 4) is 17.2 Å². The number of hydrogen-bond donors (Lipinski definition) is 2. The number of nitrogens with zero attached hydrogens (tertiary/aromatic N) is 4. The predicted molar refractivity (Wildman–Crippen MR) is 184 cm³/mol. The number of hydrogen-bond acceptors (Lipinski definition) is 8. The first-order chi connectivity index (χ1) is 22.8. The number of aliphatic hydroxyl groups is 1. The van der Waals surface area contributed by atoms with E-state index in [4.69, 9.17) is 25.8 Å². The van der Waals surface area contributed by atoms with Crippen LogP contribution in [0.1, 0.15) is 29.3 Å². The molecule has 2 aliphatic rings. The first kappa shape index (κ1) is 33.1. The van der Waals surface area contributed by atoms with Gasteiger partial charge in [0, 0.05) is 54.3 Å². The molecule has 0 bridgehead atoms. The third-order valence-corrected chi connectivity index (χ3v) is 9.33. The van der Waals surface area contributed by atoms with Crippen molar-refractivity contribution >= 4 is 28.6 Å². The van der Waals surface area contributed by atoms with Crippen LogP contribution < -0.4 is 14.2 Å². The maximum absolute atomic E-state index is 13.7. The van der Waals surface area contributed by atoms with Gasteiger partial charge in [-0.05, 0) is 106 Å². The lowest BCUT2D eigenvalue weighted by atomic mass is 9.92. The number of piperazine rings is 1. The molecule has 4 aromatic rings. The third kappa shape index (κ3) is 7.85. The normalized spacial score (nSPS) is 17.9. The van der Waals surface area contributed by atoms with E-state index in [1.807, 2.05) is 42.5 Å². The molecule has 2 N–H and O–H groups in total. The van der Waals surface area contributed by atoms with Gasteiger partial charge in [0.1, 0.15) is 36.1 Å². The lowest BCUT2D eigenvalue weighted by Gasteiger charge is -2.37. The zero-order valence-electron chi connectivity index (χ0n) is 27.3. The van der Waals surface area contributed by atoms with Gasteiger partial charge in [-0.1, -0.05) is 23.7 Å². The number of amides is 1. The largest absolute Gasteiger partial charge is 0.497 e. The maximum atomic E-state index is 13.7. The molecule has 2 aliphatic heterocycles. The predicted octanol–water partition coefficient (Wildman–Crippen LogP) is 5.24. The van der Waals surface area contributed by atoms with E-state index in [1.165, 1.54) is 0 Å². The van der Waals surface area contributed by atoms with Crippen LogP contribution in [0.25, 0.3) is 10.9 Å². The van der Waals surface area contributed by atoms with Crippen molar-refractivity contribution in [2.24, 2.45) is 0 Å². The molecule has 0 spiro atoms. The molecule has 3 aromatic carbocycles. The highest BCUT2D eigenvalue weighted by atomic mass is 35.5. The van der Waals surface area contributed by atoms with E-state index in [2.05, 4.69) is 33.8 Å². The average Bonchev–Trinajstić information content (AvgIpc) is 3.45. The van der Waals surface area contributed by atoms with Crippen molar-refractivity contribution in [2.45, 2.75) is 25.1 Å². The van der Waals surface area contributed by atoms with Crippen molar-refractivity contribution in [1.82, 2.24) is 24.6 Å². The van der Waals surface area contributed by atoms with Gasteiger partial charge in [-0.15, -0.1) is 0 Å². The lowest BCUT2D eigenvalue weighted by molar-refractivity contribution is -0.0494. The summed E-state index contributed by atoms with van der Waals surface area (Å²) in [4.78, 5) is 25.7. The molecule has 0 saturated carbocycles. The van der Waals surface area contributed by atoms with Gasteiger partial charge in [0.25, 0.3) is 0 Å². The molecule has 250 valence electrons. The molecule has 2 atom stereocenters. The van der Waals surface area contributed by atoms with Crippen LogP contribution in [0.3, 0.4) is 0 Å². The van der Waals surface area contributed by atoms with Crippen LogP contribution in [0.2, 0.25) is 5.02 Å². The Morgan fingerprint density at radius 2 is 1.68 bits per heavy atom. The van der Waals surface area contributed by atoms with Gasteiger partial charge in [0.05, 0.1) is 7.11 Å². The van der Waals surface area contributed by atoms with Crippen molar-refractivity contribution in [1.29, 1.82) is 0 Å². The Morgan fingerprint density at radius 3 is 2.38 bits per heavy atom. The van der Waals surface area contributed by atoms with Crippen molar-refractivity contribution in [2.75, 3.05) is 73.6 Å². The fourth-order valence-corrected chi connectivity index (χ4v) is 6.70. The number of ether oxygens (including phenoxy) is 3. The first-order valence-corrected chi connectivity index (χ1v) is 16.6. The summed E-state index contributed by atoms with van der Waals surface area (Å²) < 4.78 is 17.1. The standard InChI is InChI=1S/C36H44ClN5O5/c1-39(2)16-4-17-40-19-21-41(22-20-40)33(43)24-46-28-8-5-25(6-9-28)35-34-30(31-23-26(37)7-14-32(31)38-34)15-18-42(35)36(44)47-29-12-10-27(45-3)11-13-29/h5-14,23,33,35,38,43H,4,15-22,24H2,1-3H3. The summed E-state index contributed by atoms with van der Waals surface area (Å²) >= 11 is 6.37. The molecule has 0 radical (unpaired) electrons. The second-order valence-corrected chi connectivity index (χ2v) is 12.9. The van der Waals surface area contributed by atoms with E-state index in [0.29, 0.717) is 35.2 Å². The molecule has 47 heavy (non-hydrogen) atoms. The fourth-order valence-electron chi connectivity index (χ4n) is 6.53. The molecule has 11 heteroatoms. The van der Waals surface area contributed by atoms with Crippen molar-refractivity contribution in [3.63, 3.8) is 0 Å². The van der Waals surface area contributed by atoms with Crippen LogP contribution in [0.4, 0.5) is 4.79 Å². The van der Waals surface area contributed by atoms with Crippen LogP contribution >= 0.6 is 11.6 Å². The Bertz CT molecular complexity index is 1640. The molecule has 3 heterocycles. The number of halogens is 1. The molecule has 1 aromatic heterocycles. The molecule has 10 nitrogen and oxygen atoms in total. The topological polar surface area (TPSA) is 93.7 Å². The number of carbonyl (C=O) groups is 1. The number of methoxy groups -OCH3 is 1. The second-order valence-electron chi connectivity index (χ2n) is 12.5. The van der Waals surface area contributed by atoms with Crippen molar-refractivity contribution < 1.29 is 24.1 Å². The van der Waals surface area contributed by atoms with E-state index >= 15 is 0 Å². The van der Waals surface area contributed by atoms with E-state index < -0.39 is 18.4 Å². The molecular formula is C36H44ClN5O5. The maximum Gasteiger partial charge on any atom is 0.416 e. The summed E-state index contributed by atoms with van der Waals surface area (Å²) in [6.07, 6.45) is 0.685. The third-order valence-electron chi connectivity index (χ3n) is 9.09. The van der Waals surface area contributed by atoms with Gasteiger partial charge in [0.15, 0.2) is 0 Å². The number of aliphatic hydroxyl groups excluding tert-OH is 1. The highest BCUT2D eigenvalue weighted by Crippen LogP contribution is 2.40. The van der Waals surface area contributed by atoms with Gasteiger partial charge >= 0.3 is 6.09 Å². The molecule has 1 saturated heterocycles. The number of aromatic amines is 1. The Labute approximate surface area is 281 Å². The molecule has 6 rings (SSSR count). The molecule has 0 aliphatic carbocycles. The smallest absolute Gasteiger partial charge is 0.416 e.